The Morgan fingerprint density at radius 1 is 0.333 bits per heavy atom. The normalized spacial score (nSPS) is 0. The minimum absolute atomic E-state index is 0. The van der Waals surface area contributed by atoms with Gasteiger partial charge in [0.05, 0.1) is 0 Å². The minimum Gasteiger partial charge on any atom is -1.00 e. The molecular formula is H4Br7IrN-6. The van der Waals surface area contributed by atoms with Crippen molar-refractivity contribution < 1.29 is 139 Å². The molecule has 0 fully saturated rings. The smallest absolute Gasteiger partial charge is 0 e. The third kappa shape index (κ3) is 75.5. The molecule has 0 aliphatic heterocycles. The molecule has 0 unspecified atom stereocenters. The standard InChI is InChI=1S/7BrH.Ir.H3N/h7*1H;;1H3/p-6. The van der Waals surface area contributed by atoms with Crippen LogP contribution >= 0.6 is 0 Å². The van der Waals surface area contributed by atoms with Crippen LogP contribution in [-0.4, -0.2) is 0 Å². The Bertz CT molecular complexity index is 8.88. The second kappa shape index (κ2) is 91.4. The van der Waals surface area contributed by atoms with Crippen molar-refractivity contribution in [1.82, 2.24) is 6.15 Å². The Morgan fingerprint density at radius 3 is 0.333 bits per heavy atom. The molecule has 9 heavy (non-hydrogen) atoms. The molecule has 1 nitrogen and oxygen atoms in total. The fourth-order valence-electron chi connectivity index (χ4n) is 0. The molecule has 4 N–H and O–H groups in total. The monoisotopic (exact) mass is 763 g/mol. The summed E-state index contributed by atoms with van der Waals surface area (Å²) < 4.78 is 0. The van der Waals surface area contributed by atoms with E-state index in [2.05, 4.69) is 0 Å². The van der Waals surface area contributed by atoms with Gasteiger partial charge in [0, 0.05) is 20.1 Å². The van der Waals surface area contributed by atoms with E-state index in [9.17, 15) is 0 Å². The van der Waals surface area contributed by atoms with Crippen LogP contribution in [0.1, 0.15) is 0 Å². The van der Waals surface area contributed by atoms with Gasteiger partial charge >= 0.3 is 0 Å². The van der Waals surface area contributed by atoms with Crippen molar-refractivity contribution in [1.29, 1.82) is 0 Å². The van der Waals surface area contributed by atoms with Crippen molar-refractivity contribution in [2.45, 2.75) is 0 Å². The van der Waals surface area contributed by atoms with Crippen LogP contribution in [0.3, 0.4) is 0 Å². The largest absolute Gasteiger partial charge is 1.00 e. The molecule has 0 atom stereocenters. The zero-order valence-electron chi connectivity index (χ0n) is 3.98. The second-order valence-electron chi connectivity index (χ2n) is 0. The van der Waals surface area contributed by atoms with Gasteiger partial charge in [-0.1, -0.05) is 0 Å². The molecule has 0 saturated heterocycles. The quantitative estimate of drug-likeness (QED) is 0.255. The molecule has 0 aromatic carbocycles. The van der Waals surface area contributed by atoms with Crippen LogP contribution in [0.2, 0.25) is 0 Å². The van der Waals surface area contributed by atoms with Gasteiger partial charge in [0.1, 0.15) is 0 Å². The number of halogens is 7. The van der Waals surface area contributed by atoms with Crippen molar-refractivity contribution in [2.24, 2.45) is 0 Å². The molecule has 0 heterocycles. The first kappa shape index (κ1) is 118. The van der Waals surface area contributed by atoms with Crippen LogP contribution in [-0.2, 0) is 20.1 Å². The SMILES string of the molecule is [Br-].[Br-].[Br-].[Br-].[Br-].[Br-].[Br-].[Ir].[NH4+]. The summed E-state index contributed by atoms with van der Waals surface area (Å²) in [5.74, 6) is 0. The maximum absolute atomic E-state index is 0. The number of quaternary nitrogens is 1. The van der Waals surface area contributed by atoms with Gasteiger partial charge in [-0.2, -0.15) is 0 Å². The third-order valence-electron chi connectivity index (χ3n) is 0. The number of hydrogen-bond donors (Lipinski definition) is 1. The summed E-state index contributed by atoms with van der Waals surface area (Å²) >= 11 is 0. The average Bonchev–Trinajstić information content (AvgIpc) is 0. The van der Waals surface area contributed by atoms with Gasteiger partial charge in [0.25, 0.3) is 0 Å². The Morgan fingerprint density at radius 2 is 0.333 bits per heavy atom. The first-order valence-corrected chi connectivity index (χ1v) is 0. The van der Waals surface area contributed by atoms with E-state index >= 15 is 0 Å². The molecule has 0 aromatic rings. The van der Waals surface area contributed by atoms with E-state index < -0.39 is 0 Å². The number of hydrogen-bond acceptors (Lipinski definition) is 0. The van der Waals surface area contributed by atoms with E-state index in [-0.39, 0.29) is 145 Å². The van der Waals surface area contributed by atoms with Crippen LogP contribution in [0.15, 0.2) is 0 Å². The zero-order valence-corrected chi connectivity index (χ0v) is 17.5. The molecule has 73 valence electrons. The van der Waals surface area contributed by atoms with Gasteiger partial charge in [-0.15, -0.1) is 0 Å². The molecule has 0 spiro atoms. The topological polar surface area (TPSA) is 36.5 Å². The Hall–Kier alpha value is 3.97. The molecule has 0 saturated carbocycles. The molecule has 0 rings (SSSR count). The molecule has 0 aliphatic rings. The zero-order chi connectivity index (χ0) is 0. The van der Waals surface area contributed by atoms with Crippen molar-refractivity contribution in [3.8, 4) is 0 Å². The summed E-state index contributed by atoms with van der Waals surface area (Å²) in [6.07, 6.45) is 0. The summed E-state index contributed by atoms with van der Waals surface area (Å²) in [5.41, 5.74) is 0. The molecule has 0 aromatic heterocycles. The van der Waals surface area contributed by atoms with Crippen LogP contribution in [0, 0.1) is 0 Å². The van der Waals surface area contributed by atoms with E-state index in [4.69, 9.17) is 0 Å². The molecule has 0 aliphatic carbocycles. The summed E-state index contributed by atoms with van der Waals surface area (Å²) in [4.78, 5) is 0. The van der Waals surface area contributed by atoms with Crippen molar-refractivity contribution in [3.05, 3.63) is 0 Å². The van der Waals surface area contributed by atoms with Gasteiger partial charge in [-0.25, -0.2) is 0 Å². The predicted octanol–water partition coefficient (Wildman–Crippen LogP) is -20.6. The Kier molecular flexibility index (Phi) is 1200. The van der Waals surface area contributed by atoms with Gasteiger partial charge < -0.3 is 125 Å². The van der Waals surface area contributed by atoms with Gasteiger partial charge in [-0.05, 0) is 0 Å². The van der Waals surface area contributed by atoms with Crippen LogP contribution in [0.5, 0.6) is 0 Å². The molecule has 9 heteroatoms. The molecule has 1 radical (unpaired) electrons. The van der Waals surface area contributed by atoms with E-state index in [1.54, 1.807) is 0 Å². The maximum Gasteiger partial charge on any atom is 0 e. The van der Waals surface area contributed by atoms with Gasteiger partial charge in [0.2, 0.25) is 0 Å². The minimum atomic E-state index is 0. The first-order valence-electron chi connectivity index (χ1n) is 0. The Balaban J connectivity index is 0. The van der Waals surface area contributed by atoms with E-state index in [0.717, 1.165) is 0 Å². The first-order chi connectivity index (χ1) is 0. The van der Waals surface area contributed by atoms with Crippen molar-refractivity contribution >= 4 is 0 Å². The van der Waals surface area contributed by atoms with E-state index in [0.29, 0.717) is 0 Å². The molecule has 0 bridgehead atoms. The number of rotatable bonds is 0. The van der Waals surface area contributed by atoms with Gasteiger partial charge in [0.15, 0.2) is 0 Å². The van der Waals surface area contributed by atoms with E-state index in [1.807, 2.05) is 0 Å². The second-order valence-corrected chi connectivity index (χ2v) is 0. The van der Waals surface area contributed by atoms with Crippen molar-refractivity contribution in [2.75, 3.05) is 0 Å². The van der Waals surface area contributed by atoms with E-state index in [1.165, 1.54) is 0 Å². The predicted molar refractivity (Wildman–Crippen MR) is 5.98 cm³/mol. The Labute approximate surface area is 143 Å². The molecule has 0 amide bonds. The average molecular weight is 770 g/mol. The summed E-state index contributed by atoms with van der Waals surface area (Å²) in [6.45, 7) is 0. The molecular weight excluding hydrogens is 766 g/mol. The fourth-order valence-corrected chi connectivity index (χ4v) is 0. The maximum atomic E-state index is 0. The summed E-state index contributed by atoms with van der Waals surface area (Å²) in [6, 6.07) is 0. The summed E-state index contributed by atoms with van der Waals surface area (Å²) in [5, 5.41) is 0. The third-order valence-corrected chi connectivity index (χ3v) is 0. The summed E-state index contributed by atoms with van der Waals surface area (Å²) in [7, 11) is 0. The van der Waals surface area contributed by atoms with Crippen molar-refractivity contribution in [3.63, 3.8) is 0 Å². The van der Waals surface area contributed by atoms with Crippen LogP contribution < -0.4 is 125 Å². The van der Waals surface area contributed by atoms with Gasteiger partial charge in [-0.3, -0.25) is 0 Å². The fraction of sp³-hybridized carbons (Fsp3) is 0. The van der Waals surface area contributed by atoms with Crippen LogP contribution in [0.4, 0.5) is 0 Å². The van der Waals surface area contributed by atoms with Crippen LogP contribution in [0.25, 0.3) is 0 Å².